The Labute approximate surface area is 108 Å². The van der Waals surface area contributed by atoms with Crippen LogP contribution in [0.3, 0.4) is 0 Å². The zero-order chi connectivity index (χ0) is 14.0. The molecule has 0 fully saturated rings. The highest BCUT2D eigenvalue weighted by molar-refractivity contribution is 6.58. The van der Waals surface area contributed by atoms with Crippen molar-refractivity contribution in [3.8, 4) is 0 Å². The van der Waals surface area contributed by atoms with E-state index in [1.807, 2.05) is 5.32 Å². The molecule has 0 bridgehead atoms. The van der Waals surface area contributed by atoms with Crippen molar-refractivity contribution in [2.75, 3.05) is 6.54 Å². The van der Waals surface area contributed by atoms with Gasteiger partial charge in [-0.15, -0.1) is 0 Å². The lowest BCUT2D eigenvalue weighted by atomic mass is 9.43. The summed E-state index contributed by atoms with van der Waals surface area (Å²) < 4.78 is 35.5. The normalized spacial score (nSPS) is 11.4. The monoisotopic (exact) mass is 265 g/mol. The van der Waals surface area contributed by atoms with E-state index in [1.165, 1.54) is 19.0 Å². The standard InChI is InChI=1S/C12H23BF3NO/c1-3-13(4-2)9-7-5-6-8-10-17-11(18)12(14,15)16/h3-10H2,1-2H3,(H,17,18). The number of carbonyl (C=O) groups is 1. The van der Waals surface area contributed by atoms with Crippen LogP contribution in [0.25, 0.3) is 0 Å². The van der Waals surface area contributed by atoms with Crippen LogP contribution in [0.1, 0.15) is 39.5 Å². The second-order valence-corrected chi connectivity index (χ2v) is 4.64. The largest absolute Gasteiger partial charge is 0.471 e. The van der Waals surface area contributed by atoms with Gasteiger partial charge in [-0.2, -0.15) is 13.2 Å². The van der Waals surface area contributed by atoms with Crippen molar-refractivity contribution in [2.24, 2.45) is 0 Å². The van der Waals surface area contributed by atoms with E-state index in [0.29, 0.717) is 6.42 Å². The zero-order valence-electron chi connectivity index (χ0n) is 11.3. The third-order valence-corrected chi connectivity index (χ3v) is 3.24. The van der Waals surface area contributed by atoms with Gasteiger partial charge in [0.25, 0.3) is 0 Å². The molecule has 0 saturated carbocycles. The Bertz CT molecular complexity index is 230. The maximum absolute atomic E-state index is 11.8. The molecule has 0 radical (unpaired) electrons. The highest BCUT2D eigenvalue weighted by Gasteiger charge is 2.38. The van der Waals surface area contributed by atoms with E-state index in [-0.39, 0.29) is 6.54 Å². The molecule has 0 aliphatic carbocycles. The fourth-order valence-corrected chi connectivity index (χ4v) is 1.91. The van der Waals surface area contributed by atoms with E-state index in [9.17, 15) is 18.0 Å². The van der Waals surface area contributed by atoms with E-state index in [0.717, 1.165) is 26.0 Å². The molecule has 0 unspecified atom stereocenters. The molecule has 0 heterocycles. The van der Waals surface area contributed by atoms with E-state index in [1.54, 1.807) is 0 Å². The van der Waals surface area contributed by atoms with Gasteiger partial charge in [0.05, 0.1) is 0 Å². The van der Waals surface area contributed by atoms with Crippen LogP contribution in [0.4, 0.5) is 13.2 Å². The van der Waals surface area contributed by atoms with Gasteiger partial charge in [0.15, 0.2) is 0 Å². The maximum atomic E-state index is 11.8. The third-order valence-electron chi connectivity index (χ3n) is 3.24. The van der Waals surface area contributed by atoms with Crippen LogP contribution in [0.5, 0.6) is 0 Å². The van der Waals surface area contributed by atoms with Crippen molar-refractivity contribution in [2.45, 2.75) is 64.7 Å². The van der Waals surface area contributed by atoms with Gasteiger partial charge in [-0.05, 0) is 6.42 Å². The molecule has 2 nitrogen and oxygen atoms in total. The Morgan fingerprint density at radius 3 is 2.11 bits per heavy atom. The van der Waals surface area contributed by atoms with Crippen molar-refractivity contribution in [1.82, 2.24) is 5.32 Å². The highest BCUT2D eigenvalue weighted by Crippen LogP contribution is 2.14. The minimum Gasteiger partial charge on any atom is -0.348 e. The molecular weight excluding hydrogens is 242 g/mol. The summed E-state index contributed by atoms with van der Waals surface area (Å²) in [5, 5.41) is 1.88. The number of carbonyl (C=O) groups excluding carboxylic acids is 1. The predicted molar refractivity (Wildman–Crippen MR) is 69.1 cm³/mol. The van der Waals surface area contributed by atoms with Gasteiger partial charge in [0, 0.05) is 6.54 Å². The number of nitrogens with one attached hydrogen (secondary N) is 1. The topological polar surface area (TPSA) is 29.1 Å². The second-order valence-electron chi connectivity index (χ2n) is 4.64. The second kappa shape index (κ2) is 9.28. The maximum Gasteiger partial charge on any atom is 0.471 e. The van der Waals surface area contributed by atoms with Crippen LogP contribution in [0, 0.1) is 0 Å². The van der Waals surface area contributed by atoms with E-state index in [2.05, 4.69) is 13.8 Å². The molecule has 0 aliphatic heterocycles. The van der Waals surface area contributed by atoms with Gasteiger partial charge in [0.2, 0.25) is 0 Å². The first-order valence-corrected chi connectivity index (χ1v) is 6.76. The quantitative estimate of drug-likeness (QED) is 0.499. The van der Waals surface area contributed by atoms with Gasteiger partial charge in [-0.3, -0.25) is 4.79 Å². The number of unbranched alkanes of at least 4 members (excludes halogenated alkanes) is 3. The van der Waals surface area contributed by atoms with Gasteiger partial charge < -0.3 is 5.32 Å². The molecular formula is C12H23BF3NO. The molecule has 0 saturated heterocycles. The van der Waals surface area contributed by atoms with Crippen molar-refractivity contribution in [1.29, 1.82) is 0 Å². The predicted octanol–water partition coefficient (Wildman–Crippen LogP) is 3.76. The first kappa shape index (κ1) is 17.3. The summed E-state index contributed by atoms with van der Waals surface area (Å²) in [7, 11) is 0. The Morgan fingerprint density at radius 2 is 1.61 bits per heavy atom. The van der Waals surface area contributed by atoms with Crippen molar-refractivity contribution in [3.05, 3.63) is 0 Å². The van der Waals surface area contributed by atoms with Gasteiger partial charge in [-0.1, -0.05) is 52.1 Å². The fourth-order valence-electron chi connectivity index (χ4n) is 1.91. The van der Waals surface area contributed by atoms with Crippen molar-refractivity contribution < 1.29 is 18.0 Å². The van der Waals surface area contributed by atoms with E-state index in [4.69, 9.17) is 0 Å². The summed E-state index contributed by atoms with van der Waals surface area (Å²) in [6, 6.07) is 0. The first-order chi connectivity index (χ1) is 8.41. The summed E-state index contributed by atoms with van der Waals surface area (Å²) in [4.78, 5) is 10.5. The lowest BCUT2D eigenvalue weighted by molar-refractivity contribution is -0.173. The fraction of sp³-hybridized carbons (Fsp3) is 0.917. The lowest BCUT2D eigenvalue weighted by Crippen LogP contribution is -2.37. The van der Waals surface area contributed by atoms with Gasteiger partial charge in [0.1, 0.15) is 6.71 Å². The van der Waals surface area contributed by atoms with Crippen LogP contribution in [0.15, 0.2) is 0 Å². The highest BCUT2D eigenvalue weighted by atomic mass is 19.4. The Morgan fingerprint density at radius 1 is 1.06 bits per heavy atom. The Hall–Kier alpha value is -0.675. The van der Waals surface area contributed by atoms with Crippen LogP contribution in [-0.4, -0.2) is 25.3 Å². The van der Waals surface area contributed by atoms with Crippen LogP contribution < -0.4 is 5.32 Å². The number of hydrogen-bond acceptors (Lipinski definition) is 1. The molecule has 0 aromatic carbocycles. The molecule has 1 amide bonds. The van der Waals surface area contributed by atoms with Crippen LogP contribution in [-0.2, 0) is 4.79 Å². The van der Waals surface area contributed by atoms with Gasteiger partial charge in [-0.25, -0.2) is 0 Å². The molecule has 0 aromatic heterocycles. The molecule has 6 heteroatoms. The molecule has 18 heavy (non-hydrogen) atoms. The van der Waals surface area contributed by atoms with E-state index >= 15 is 0 Å². The van der Waals surface area contributed by atoms with Crippen LogP contribution in [0.2, 0.25) is 19.0 Å². The molecule has 106 valence electrons. The SMILES string of the molecule is CCB(CC)CCCCCCNC(=O)C(F)(F)F. The lowest BCUT2D eigenvalue weighted by Gasteiger charge is -2.09. The summed E-state index contributed by atoms with van der Waals surface area (Å²) in [6.07, 6.45) is 2.47. The summed E-state index contributed by atoms with van der Waals surface area (Å²) >= 11 is 0. The average Bonchev–Trinajstić information content (AvgIpc) is 2.31. The minimum absolute atomic E-state index is 0.114. The van der Waals surface area contributed by atoms with Crippen molar-refractivity contribution >= 4 is 12.6 Å². The molecule has 0 rings (SSSR count). The first-order valence-electron chi connectivity index (χ1n) is 6.76. The average molecular weight is 265 g/mol. The summed E-state index contributed by atoms with van der Waals surface area (Å²) in [5.74, 6) is -1.83. The number of hydrogen-bond donors (Lipinski definition) is 1. The molecule has 0 spiro atoms. The molecule has 0 aromatic rings. The van der Waals surface area contributed by atoms with Crippen LogP contribution >= 0.6 is 0 Å². The van der Waals surface area contributed by atoms with Crippen molar-refractivity contribution in [3.63, 3.8) is 0 Å². The van der Waals surface area contributed by atoms with Gasteiger partial charge >= 0.3 is 12.1 Å². The molecule has 0 aliphatic rings. The summed E-state index contributed by atoms with van der Waals surface area (Å²) in [6.45, 7) is 5.25. The number of alkyl halides is 3. The summed E-state index contributed by atoms with van der Waals surface area (Å²) in [5.41, 5.74) is 0. The molecule has 0 atom stereocenters. The molecule has 1 N–H and O–H groups in total. The number of rotatable bonds is 9. The third kappa shape index (κ3) is 8.42. The number of amides is 1. The smallest absolute Gasteiger partial charge is 0.348 e. The van der Waals surface area contributed by atoms with E-state index < -0.39 is 12.1 Å². The number of halogens is 3. The Balaban J connectivity index is 3.39. The Kier molecular flexibility index (Phi) is 8.93. The minimum atomic E-state index is -4.75. The zero-order valence-corrected chi connectivity index (χ0v) is 11.3.